The molecule has 1 fully saturated rings. The molecule has 1 saturated heterocycles. The predicted molar refractivity (Wildman–Crippen MR) is 61.4 cm³/mol. The Bertz CT molecular complexity index is 427. The predicted octanol–water partition coefficient (Wildman–Crippen LogP) is 2.13. The molecule has 3 rings (SSSR count). The summed E-state index contributed by atoms with van der Waals surface area (Å²) in [6.45, 7) is 4.09. The first-order valence-corrected chi connectivity index (χ1v) is 5.59. The number of ether oxygens (including phenoxy) is 1. The van der Waals surface area contributed by atoms with Crippen LogP contribution in [0.5, 0.6) is 0 Å². The average Bonchev–Trinajstić information content (AvgIpc) is 2.69. The van der Waals surface area contributed by atoms with Gasteiger partial charge in [0.05, 0.1) is 23.5 Å². The van der Waals surface area contributed by atoms with E-state index in [1.165, 1.54) is 0 Å². The first-order chi connectivity index (χ1) is 7.69. The molecular weight excluding hydrogens is 207 g/mol. The minimum absolute atomic E-state index is 0.00271. The monoisotopic (exact) mass is 222 g/mol. The lowest BCUT2D eigenvalue weighted by Crippen LogP contribution is -2.48. The Labute approximate surface area is 94.0 Å². The van der Waals surface area contributed by atoms with Crippen molar-refractivity contribution in [2.24, 2.45) is 0 Å². The lowest BCUT2D eigenvalue weighted by Gasteiger charge is -2.36. The first kappa shape index (κ1) is 9.90. The van der Waals surface area contributed by atoms with E-state index in [2.05, 4.69) is 10.6 Å². The molecule has 2 aliphatic heterocycles. The topological polar surface area (TPSA) is 33.3 Å². The van der Waals surface area contributed by atoms with Gasteiger partial charge in [0, 0.05) is 13.2 Å². The van der Waals surface area contributed by atoms with Gasteiger partial charge in [-0.25, -0.2) is 4.39 Å². The molecule has 0 radical (unpaired) electrons. The fourth-order valence-electron chi connectivity index (χ4n) is 2.37. The second-order valence-electron chi connectivity index (χ2n) is 4.71. The number of anilines is 2. The van der Waals surface area contributed by atoms with Crippen molar-refractivity contribution in [3.63, 3.8) is 0 Å². The zero-order valence-corrected chi connectivity index (χ0v) is 9.27. The van der Waals surface area contributed by atoms with Crippen LogP contribution in [0.15, 0.2) is 12.1 Å². The summed E-state index contributed by atoms with van der Waals surface area (Å²) in [7, 11) is 0. The van der Waals surface area contributed by atoms with E-state index in [-0.39, 0.29) is 11.4 Å². The van der Waals surface area contributed by atoms with Crippen LogP contribution in [-0.2, 0) is 4.74 Å². The van der Waals surface area contributed by atoms with Crippen LogP contribution in [0.1, 0.15) is 12.0 Å². The van der Waals surface area contributed by atoms with Crippen molar-refractivity contribution >= 4 is 11.4 Å². The van der Waals surface area contributed by atoms with Crippen LogP contribution in [0.25, 0.3) is 0 Å². The van der Waals surface area contributed by atoms with E-state index in [1.54, 1.807) is 13.0 Å². The van der Waals surface area contributed by atoms with Gasteiger partial charge in [-0.2, -0.15) is 0 Å². The number of hydrogen-bond acceptors (Lipinski definition) is 3. The van der Waals surface area contributed by atoms with Gasteiger partial charge in [0.25, 0.3) is 0 Å². The fraction of sp³-hybridized carbons (Fsp3) is 0.500. The highest BCUT2D eigenvalue weighted by Crippen LogP contribution is 2.35. The highest BCUT2D eigenvalue weighted by atomic mass is 19.1. The summed E-state index contributed by atoms with van der Waals surface area (Å²) in [5.74, 6) is -0.160. The molecule has 16 heavy (non-hydrogen) atoms. The van der Waals surface area contributed by atoms with Crippen molar-refractivity contribution in [1.29, 1.82) is 0 Å². The zero-order valence-electron chi connectivity index (χ0n) is 9.27. The van der Waals surface area contributed by atoms with Crippen molar-refractivity contribution < 1.29 is 9.13 Å². The van der Waals surface area contributed by atoms with E-state index in [4.69, 9.17) is 4.74 Å². The van der Waals surface area contributed by atoms with Crippen LogP contribution >= 0.6 is 0 Å². The summed E-state index contributed by atoms with van der Waals surface area (Å²) in [5.41, 5.74) is 2.50. The van der Waals surface area contributed by atoms with Gasteiger partial charge < -0.3 is 15.4 Å². The zero-order chi connectivity index (χ0) is 11.2. The van der Waals surface area contributed by atoms with Gasteiger partial charge in [-0.05, 0) is 31.0 Å². The molecular formula is C12H15FN2O. The number of hydrogen-bond donors (Lipinski definition) is 2. The van der Waals surface area contributed by atoms with Gasteiger partial charge in [-0.1, -0.05) is 0 Å². The Morgan fingerprint density at radius 1 is 1.38 bits per heavy atom. The summed E-state index contributed by atoms with van der Waals surface area (Å²) in [6, 6.07) is 3.41. The maximum absolute atomic E-state index is 13.4. The van der Waals surface area contributed by atoms with Crippen molar-refractivity contribution in [3.05, 3.63) is 23.5 Å². The quantitative estimate of drug-likeness (QED) is 0.705. The molecule has 2 heterocycles. The minimum atomic E-state index is -0.160. The maximum atomic E-state index is 13.4. The number of rotatable bonds is 0. The normalized spacial score (nSPS) is 27.4. The van der Waals surface area contributed by atoms with Crippen LogP contribution in [0, 0.1) is 12.7 Å². The summed E-state index contributed by atoms with van der Waals surface area (Å²) in [4.78, 5) is 0. The van der Waals surface area contributed by atoms with E-state index >= 15 is 0 Å². The summed E-state index contributed by atoms with van der Waals surface area (Å²) in [6.07, 6.45) is 0.996. The molecule has 0 amide bonds. The standard InChI is InChI=1S/C12H15FN2O/c1-8-4-11-10(5-9(8)13)14-6-12(15-11)2-3-16-7-12/h4-5,14-15H,2-3,6-7H2,1H3. The molecule has 1 aromatic rings. The summed E-state index contributed by atoms with van der Waals surface area (Å²) < 4.78 is 18.8. The molecule has 0 aromatic heterocycles. The van der Waals surface area contributed by atoms with Gasteiger partial charge >= 0.3 is 0 Å². The molecule has 2 N–H and O–H groups in total. The van der Waals surface area contributed by atoms with Gasteiger partial charge in [-0.15, -0.1) is 0 Å². The molecule has 1 aromatic carbocycles. The van der Waals surface area contributed by atoms with E-state index in [1.807, 2.05) is 6.07 Å². The van der Waals surface area contributed by atoms with Gasteiger partial charge in [-0.3, -0.25) is 0 Å². The van der Waals surface area contributed by atoms with Crippen LogP contribution < -0.4 is 10.6 Å². The second-order valence-corrected chi connectivity index (χ2v) is 4.71. The third-order valence-corrected chi connectivity index (χ3v) is 3.42. The van der Waals surface area contributed by atoms with Gasteiger partial charge in [0.15, 0.2) is 0 Å². The molecule has 0 aliphatic carbocycles. The summed E-state index contributed by atoms with van der Waals surface area (Å²) >= 11 is 0. The number of nitrogens with one attached hydrogen (secondary N) is 2. The van der Waals surface area contributed by atoms with Crippen LogP contribution in [0.2, 0.25) is 0 Å². The molecule has 2 aliphatic rings. The molecule has 0 bridgehead atoms. The smallest absolute Gasteiger partial charge is 0.128 e. The molecule has 4 heteroatoms. The van der Waals surface area contributed by atoms with E-state index in [0.717, 1.165) is 37.6 Å². The molecule has 86 valence electrons. The Morgan fingerprint density at radius 3 is 3.00 bits per heavy atom. The van der Waals surface area contributed by atoms with Crippen LogP contribution in [0.3, 0.4) is 0 Å². The molecule has 1 unspecified atom stereocenters. The Hall–Kier alpha value is -1.29. The lowest BCUT2D eigenvalue weighted by atomic mass is 9.95. The Balaban J connectivity index is 1.96. The number of benzene rings is 1. The molecule has 1 spiro atoms. The maximum Gasteiger partial charge on any atom is 0.128 e. The number of halogens is 1. The van der Waals surface area contributed by atoms with E-state index in [0.29, 0.717) is 5.56 Å². The number of fused-ring (bicyclic) bond motifs is 1. The van der Waals surface area contributed by atoms with Crippen LogP contribution in [-0.4, -0.2) is 25.3 Å². The fourth-order valence-corrected chi connectivity index (χ4v) is 2.37. The Kier molecular flexibility index (Phi) is 2.07. The van der Waals surface area contributed by atoms with Gasteiger partial charge in [0.1, 0.15) is 5.82 Å². The lowest BCUT2D eigenvalue weighted by molar-refractivity contribution is 0.184. The van der Waals surface area contributed by atoms with E-state index < -0.39 is 0 Å². The Morgan fingerprint density at radius 2 is 2.25 bits per heavy atom. The second kappa shape index (κ2) is 3.35. The number of aryl methyl sites for hydroxylation is 1. The third-order valence-electron chi connectivity index (χ3n) is 3.42. The molecule has 1 atom stereocenters. The summed E-state index contributed by atoms with van der Waals surface area (Å²) in [5, 5.41) is 6.77. The minimum Gasteiger partial charge on any atom is -0.381 e. The highest BCUT2D eigenvalue weighted by molar-refractivity contribution is 5.73. The van der Waals surface area contributed by atoms with Crippen LogP contribution in [0.4, 0.5) is 15.8 Å². The van der Waals surface area contributed by atoms with Crippen molar-refractivity contribution in [1.82, 2.24) is 0 Å². The molecule has 0 saturated carbocycles. The first-order valence-electron chi connectivity index (χ1n) is 5.59. The average molecular weight is 222 g/mol. The van der Waals surface area contributed by atoms with Crippen molar-refractivity contribution in [3.8, 4) is 0 Å². The van der Waals surface area contributed by atoms with Crippen molar-refractivity contribution in [2.75, 3.05) is 30.4 Å². The highest BCUT2D eigenvalue weighted by Gasteiger charge is 2.37. The third kappa shape index (κ3) is 1.45. The largest absolute Gasteiger partial charge is 0.381 e. The molecule has 3 nitrogen and oxygen atoms in total. The SMILES string of the molecule is Cc1cc2c(cc1F)NCC1(CCOC1)N2. The van der Waals surface area contributed by atoms with E-state index in [9.17, 15) is 4.39 Å². The van der Waals surface area contributed by atoms with Gasteiger partial charge in [0.2, 0.25) is 0 Å². The van der Waals surface area contributed by atoms with Crippen molar-refractivity contribution in [2.45, 2.75) is 18.9 Å².